The molecule has 2 fully saturated rings. The van der Waals surface area contributed by atoms with E-state index in [1.54, 1.807) is 0 Å². The molecule has 2 rings (SSSR count). The van der Waals surface area contributed by atoms with E-state index in [-0.39, 0.29) is 0 Å². The highest BCUT2D eigenvalue weighted by molar-refractivity contribution is 5.79. The first-order valence-corrected chi connectivity index (χ1v) is 6.06. The minimum absolute atomic E-state index is 0.326. The van der Waals surface area contributed by atoms with Crippen molar-refractivity contribution >= 4 is 5.91 Å². The van der Waals surface area contributed by atoms with E-state index in [1.165, 1.54) is 32.1 Å². The van der Waals surface area contributed by atoms with Crippen LogP contribution in [-0.2, 0) is 4.79 Å². The van der Waals surface area contributed by atoms with E-state index in [0.29, 0.717) is 17.9 Å². The molecular formula is C12H21NO. The van der Waals surface area contributed by atoms with E-state index < -0.39 is 0 Å². The Hall–Kier alpha value is -0.530. The minimum atomic E-state index is 0.326. The van der Waals surface area contributed by atoms with Crippen LogP contribution >= 0.6 is 0 Å². The zero-order chi connectivity index (χ0) is 9.97. The molecule has 0 aromatic heterocycles. The quantitative estimate of drug-likeness (QED) is 0.720. The lowest BCUT2D eigenvalue weighted by Gasteiger charge is -2.31. The van der Waals surface area contributed by atoms with E-state index >= 15 is 0 Å². The molecule has 0 unspecified atom stereocenters. The van der Waals surface area contributed by atoms with Crippen molar-refractivity contribution < 1.29 is 4.79 Å². The predicted octanol–water partition coefficient (Wildman–Crippen LogP) is 2.48. The van der Waals surface area contributed by atoms with Gasteiger partial charge in [-0.25, -0.2) is 0 Å². The maximum atomic E-state index is 11.8. The molecule has 2 saturated carbocycles. The minimum Gasteiger partial charge on any atom is -0.353 e. The molecule has 0 heterocycles. The lowest BCUT2D eigenvalue weighted by Crippen LogP contribution is -2.43. The molecule has 0 bridgehead atoms. The van der Waals surface area contributed by atoms with E-state index in [0.717, 1.165) is 18.8 Å². The standard InChI is InChI=1S/C12H21NO/c1-9-5-7-10(8-6-9)12(14)13-11-3-2-4-11/h9-11H,2-8H2,1H3,(H,13,14)/t9-,10+. The van der Waals surface area contributed by atoms with Crippen LogP contribution in [-0.4, -0.2) is 11.9 Å². The molecule has 0 aromatic rings. The van der Waals surface area contributed by atoms with Crippen LogP contribution < -0.4 is 5.32 Å². The number of amides is 1. The van der Waals surface area contributed by atoms with Gasteiger partial charge in [0.05, 0.1) is 0 Å². The Bertz CT molecular complexity index is 202. The monoisotopic (exact) mass is 195 g/mol. The molecule has 2 nitrogen and oxygen atoms in total. The van der Waals surface area contributed by atoms with Gasteiger partial charge in [-0.05, 0) is 50.9 Å². The van der Waals surface area contributed by atoms with Crippen molar-refractivity contribution in [2.45, 2.75) is 57.9 Å². The predicted molar refractivity (Wildman–Crippen MR) is 56.9 cm³/mol. The van der Waals surface area contributed by atoms with Crippen LogP contribution in [0.25, 0.3) is 0 Å². The SMILES string of the molecule is C[C@H]1CC[C@@H](C(=O)NC2CCC2)CC1. The first-order valence-electron chi connectivity index (χ1n) is 6.06. The Morgan fingerprint density at radius 3 is 2.21 bits per heavy atom. The van der Waals surface area contributed by atoms with Crippen molar-refractivity contribution in [3.63, 3.8) is 0 Å². The summed E-state index contributed by atoms with van der Waals surface area (Å²) in [4.78, 5) is 11.8. The molecule has 0 atom stereocenters. The van der Waals surface area contributed by atoms with E-state index in [9.17, 15) is 4.79 Å². The van der Waals surface area contributed by atoms with Gasteiger partial charge in [-0.3, -0.25) is 4.79 Å². The van der Waals surface area contributed by atoms with Crippen molar-refractivity contribution in [3.8, 4) is 0 Å². The van der Waals surface area contributed by atoms with Gasteiger partial charge in [-0.1, -0.05) is 6.92 Å². The Morgan fingerprint density at radius 1 is 1.07 bits per heavy atom. The average molecular weight is 195 g/mol. The van der Waals surface area contributed by atoms with Crippen LogP contribution in [0.4, 0.5) is 0 Å². The number of carbonyl (C=O) groups is 1. The van der Waals surface area contributed by atoms with Gasteiger partial charge in [0.2, 0.25) is 5.91 Å². The van der Waals surface area contributed by atoms with Gasteiger partial charge in [0.25, 0.3) is 0 Å². The first kappa shape index (κ1) is 10.0. The van der Waals surface area contributed by atoms with Crippen molar-refractivity contribution in [1.82, 2.24) is 5.32 Å². The molecule has 0 aliphatic heterocycles. The summed E-state index contributed by atoms with van der Waals surface area (Å²) in [5, 5.41) is 3.16. The number of hydrogen-bond acceptors (Lipinski definition) is 1. The van der Waals surface area contributed by atoms with Crippen LogP contribution in [0.2, 0.25) is 0 Å². The fourth-order valence-electron chi connectivity index (χ4n) is 2.39. The van der Waals surface area contributed by atoms with Gasteiger partial charge in [-0.15, -0.1) is 0 Å². The summed E-state index contributed by atoms with van der Waals surface area (Å²) in [5.74, 6) is 1.50. The molecule has 80 valence electrons. The van der Waals surface area contributed by atoms with Gasteiger partial charge in [0.15, 0.2) is 0 Å². The first-order chi connectivity index (χ1) is 6.75. The third kappa shape index (κ3) is 2.28. The van der Waals surface area contributed by atoms with E-state index in [1.807, 2.05) is 0 Å². The second-order valence-electron chi connectivity index (χ2n) is 5.09. The fourth-order valence-corrected chi connectivity index (χ4v) is 2.39. The number of nitrogens with one attached hydrogen (secondary N) is 1. The van der Waals surface area contributed by atoms with Crippen LogP contribution in [0.1, 0.15) is 51.9 Å². The molecule has 1 N–H and O–H groups in total. The Labute approximate surface area is 86.5 Å². The summed E-state index contributed by atoms with van der Waals surface area (Å²) < 4.78 is 0. The summed E-state index contributed by atoms with van der Waals surface area (Å²) in [6.07, 6.45) is 8.40. The molecule has 0 spiro atoms. The van der Waals surface area contributed by atoms with E-state index in [2.05, 4.69) is 12.2 Å². The smallest absolute Gasteiger partial charge is 0.223 e. The third-order valence-electron chi connectivity index (χ3n) is 3.84. The van der Waals surface area contributed by atoms with Crippen molar-refractivity contribution in [2.75, 3.05) is 0 Å². The highest BCUT2D eigenvalue weighted by Gasteiger charge is 2.27. The number of hydrogen-bond donors (Lipinski definition) is 1. The average Bonchev–Trinajstić information content (AvgIpc) is 2.12. The Kier molecular flexibility index (Phi) is 3.09. The second-order valence-corrected chi connectivity index (χ2v) is 5.09. The van der Waals surface area contributed by atoms with Gasteiger partial charge < -0.3 is 5.32 Å². The maximum absolute atomic E-state index is 11.8. The van der Waals surface area contributed by atoms with Gasteiger partial charge in [0.1, 0.15) is 0 Å². The highest BCUT2D eigenvalue weighted by atomic mass is 16.1. The lowest BCUT2D eigenvalue weighted by atomic mass is 9.82. The zero-order valence-corrected chi connectivity index (χ0v) is 9.09. The lowest BCUT2D eigenvalue weighted by molar-refractivity contribution is -0.127. The van der Waals surface area contributed by atoms with Crippen molar-refractivity contribution in [1.29, 1.82) is 0 Å². The summed E-state index contributed by atoms with van der Waals surface area (Å²) in [5.41, 5.74) is 0. The third-order valence-corrected chi connectivity index (χ3v) is 3.84. The zero-order valence-electron chi connectivity index (χ0n) is 9.09. The topological polar surface area (TPSA) is 29.1 Å². The van der Waals surface area contributed by atoms with Crippen LogP contribution in [0, 0.1) is 11.8 Å². The molecular weight excluding hydrogens is 174 g/mol. The summed E-state index contributed by atoms with van der Waals surface area (Å²) in [6, 6.07) is 0.516. The molecule has 0 aromatic carbocycles. The van der Waals surface area contributed by atoms with Crippen LogP contribution in [0.5, 0.6) is 0 Å². The summed E-state index contributed by atoms with van der Waals surface area (Å²) >= 11 is 0. The molecule has 2 aliphatic carbocycles. The normalized spacial score (nSPS) is 33.5. The number of rotatable bonds is 2. The van der Waals surface area contributed by atoms with Crippen molar-refractivity contribution in [2.24, 2.45) is 11.8 Å². The van der Waals surface area contributed by atoms with Gasteiger partial charge in [0, 0.05) is 12.0 Å². The van der Waals surface area contributed by atoms with Crippen LogP contribution in [0.15, 0.2) is 0 Å². The molecule has 14 heavy (non-hydrogen) atoms. The fraction of sp³-hybridized carbons (Fsp3) is 0.917. The molecule has 2 heteroatoms. The van der Waals surface area contributed by atoms with Gasteiger partial charge in [-0.2, -0.15) is 0 Å². The molecule has 1 amide bonds. The second kappa shape index (κ2) is 4.33. The Morgan fingerprint density at radius 2 is 1.71 bits per heavy atom. The molecule has 0 saturated heterocycles. The maximum Gasteiger partial charge on any atom is 0.223 e. The van der Waals surface area contributed by atoms with Crippen LogP contribution in [0.3, 0.4) is 0 Å². The van der Waals surface area contributed by atoms with Crippen molar-refractivity contribution in [3.05, 3.63) is 0 Å². The molecule has 2 aliphatic rings. The van der Waals surface area contributed by atoms with Gasteiger partial charge >= 0.3 is 0 Å². The molecule has 0 radical (unpaired) electrons. The largest absolute Gasteiger partial charge is 0.353 e. The summed E-state index contributed by atoms with van der Waals surface area (Å²) in [7, 11) is 0. The number of carbonyl (C=O) groups excluding carboxylic acids is 1. The Balaban J connectivity index is 1.74. The highest BCUT2D eigenvalue weighted by Crippen LogP contribution is 2.29. The van der Waals surface area contributed by atoms with E-state index in [4.69, 9.17) is 0 Å². The summed E-state index contributed by atoms with van der Waals surface area (Å²) in [6.45, 7) is 2.29.